The molecule has 2 N–H and O–H groups in total. The molecule has 0 aromatic heterocycles. The molecule has 0 saturated carbocycles. The van der Waals surface area contributed by atoms with Gasteiger partial charge in [0, 0.05) is 18.5 Å². The lowest BCUT2D eigenvalue weighted by Crippen LogP contribution is -2.32. The van der Waals surface area contributed by atoms with Crippen molar-refractivity contribution in [3.05, 3.63) is 24.3 Å². The Morgan fingerprint density at radius 2 is 2.05 bits per heavy atom. The molecule has 1 aromatic carbocycles. The van der Waals surface area contributed by atoms with E-state index < -0.39 is 0 Å². The van der Waals surface area contributed by atoms with E-state index in [1.807, 2.05) is 12.1 Å². The fraction of sp³-hybridized carbons (Fsp3) is 0.400. The van der Waals surface area contributed by atoms with Gasteiger partial charge in [-0.15, -0.1) is 0 Å². The van der Waals surface area contributed by atoms with Gasteiger partial charge in [0.15, 0.2) is 0 Å². The summed E-state index contributed by atoms with van der Waals surface area (Å²) in [4.78, 5) is 22.9. The van der Waals surface area contributed by atoms with Crippen molar-refractivity contribution in [2.75, 3.05) is 11.9 Å². The van der Waals surface area contributed by atoms with Crippen molar-refractivity contribution >= 4 is 23.2 Å². The first-order valence-electron chi connectivity index (χ1n) is 6.94. The van der Waals surface area contributed by atoms with Crippen LogP contribution in [-0.2, 0) is 9.59 Å². The van der Waals surface area contributed by atoms with Crippen LogP contribution in [-0.4, -0.2) is 24.1 Å². The third kappa shape index (κ3) is 4.59. The van der Waals surface area contributed by atoms with Gasteiger partial charge in [-0.3, -0.25) is 9.59 Å². The van der Waals surface area contributed by atoms with Crippen LogP contribution in [0.15, 0.2) is 29.4 Å². The van der Waals surface area contributed by atoms with Crippen LogP contribution < -0.4 is 15.5 Å². The Kier molecular flexibility index (Phi) is 4.92. The molecular weight excluding hydrogens is 270 g/mol. The smallest absolute Gasteiger partial charge is 0.271 e. The van der Waals surface area contributed by atoms with E-state index in [-0.39, 0.29) is 18.2 Å². The van der Waals surface area contributed by atoms with Crippen LogP contribution in [0.5, 0.6) is 5.75 Å². The fourth-order valence-corrected chi connectivity index (χ4v) is 1.74. The van der Waals surface area contributed by atoms with Crippen LogP contribution >= 0.6 is 0 Å². The number of hydrogen-bond donors (Lipinski definition) is 2. The van der Waals surface area contributed by atoms with Crippen molar-refractivity contribution in [3.8, 4) is 5.75 Å². The van der Waals surface area contributed by atoms with Gasteiger partial charge in [0.1, 0.15) is 11.5 Å². The Labute approximate surface area is 123 Å². The molecule has 1 aromatic rings. The monoisotopic (exact) mass is 289 g/mol. The number of carbonyl (C=O) groups excluding carboxylic acids is 2. The maximum Gasteiger partial charge on any atom is 0.271 e. The van der Waals surface area contributed by atoms with Gasteiger partial charge in [0.2, 0.25) is 5.91 Å². The molecule has 0 unspecified atom stereocenters. The van der Waals surface area contributed by atoms with E-state index in [9.17, 15) is 9.59 Å². The molecule has 21 heavy (non-hydrogen) atoms. The summed E-state index contributed by atoms with van der Waals surface area (Å²) in [5, 5.41) is 6.50. The van der Waals surface area contributed by atoms with Gasteiger partial charge in [-0.2, -0.15) is 5.10 Å². The minimum atomic E-state index is -0.300. The maximum atomic E-state index is 11.9. The van der Waals surface area contributed by atoms with Crippen LogP contribution in [0.25, 0.3) is 0 Å². The zero-order chi connectivity index (χ0) is 15.2. The molecule has 112 valence electrons. The van der Waals surface area contributed by atoms with Crippen LogP contribution in [0.3, 0.4) is 0 Å². The molecule has 0 bridgehead atoms. The molecule has 1 aliphatic rings. The summed E-state index contributed by atoms with van der Waals surface area (Å²) < 4.78 is 5.57. The zero-order valence-corrected chi connectivity index (χ0v) is 12.2. The van der Waals surface area contributed by atoms with Gasteiger partial charge in [0.25, 0.3) is 5.91 Å². The van der Waals surface area contributed by atoms with E-state index in [0.29, 0.717) is 30.3 Å². The van der Waals surface area contributed by atoms with E-state index >= 15 is 0 Å². The summed E-state index contributed by atoms with van der Waals surface area (Å²) in [5.74, 6) is 0.761. The number of carbonyl (C=O) groups is 2. The van der Waals surface area contributed by atoms with Gasteiger partial charge in [-0.1, -0.05) is 13.8 Å². The van der Waals surface area contributed by atoms with E-state index in [2.05, 4.69) is 29.7 Å². The average molecular weight is 289 g/mol. The summed E-state index contributed by atoms with van der Waals surface area (Å²) in [6.45, 7) is 4.82. The van der Waals surface area contributed by atoms with E-state index in [1.54, 1.807) is 12.1 Å². The number of rotatable bonds is 5. The lowest BCUT2D eigenvalue weighted by atomic mass is 10.1. The number of hydrazone groups is 1. The molecular formula is C15H19N3O3. The van der Waals surface area contributed by atoms with Gasteiger partial charge in [-0.05, 0) is 30.2 Å². The van der Waals surface area contributed by atoms with Crippen LogP contribution in [0, 0.1) is 5.92 Å². The highest BCUT2D eigenvalue weighted by Crippen LogP contribution is 2.16. The number of nitrogens with zero attached hydrogens (tertiary/aromatic N) is 1. The molecule has 0 atom stereocenters. The minimum Gasteiger partial charge on any atom is -0.493 e. The number of benzene rings is 1. The summed E-state index contributed by atoms with van der Waals surface area (Å²) in [6, 6.07) is 7.16. The van der Waals surface area contributed by atoms with Crippen LogP contribution in [0.2, 0.25) is 0 Å². The molecule has 2 rings (SSSR count). The highest BCUT2D eigenvalue weighted by molar-refractivity contribution is 6.43. The molecule has 0 radical (unpaired) electrons. The van der Waals surface area contributed by atoms with Crippen LogP contribution in [0.4, 0.5) is 5.69 Å². The fourth-order valence-electron chi connectivity index (χ4n) is 1.74. The molecule has 0 saturated heterocycles. The second-order valence-electron chi connectivity index (χ2n) is 5.28. The van der Waals surface area contributed by atoms with E-state index in [0.717, 1.165) is 5.75 Å². The molecule has 0 aliphatic carbocycles. The Balaban J connectivity index is 1.91. The van der Waals surface area contributed by atoms with Crippen molar-refractivity contribution in [1.29, 1.82) is 0 Å². The van der Waals surface area contributed by atoms with E-state index in [4.69, 9.17) is 4.74 Å². The molecule has 1 heterocycles. The number of anilines is 1. The second-order valence-corrected chi connectivity index (χ2v) is 5.28. The molecule has 2 amide bonds. The number of amides is 2. The van der Waals surface area contributed by atoms with Crippen molar-refractivity contribution in [2.45, 2.75) is 26.7 Å². The quantitative estimate of drug-likeness (QED) is 0.869. The highest BCUT2D eigenvalue weighted by atomic mass is 16.5. The van der Waals surface area contributed by atoms with Crippen molar-refractivity contribution in [3.63, 3.8) is 0 Å². The second kappa shape index (κ2) is 6.88. The predicted octanol–water partition coefficient (Wildman–Crippen LogP) is 1.93. The highest BCUT2D eigenvalue weighted by Gasteiger charge is 2.18. The number of nitrogens with one attached hydrogen (secondary N) is 2. The number of ether oxygens (including phenoxy) is 1. The average Bonchev–Trinajstić information content (AvgIpc) is 2.47. The lowest BCUT2D eigenvalue weighted by Gasteiger charge is -2.12. The van der Waals surface area contributed by atoms with Crippen molar-refractivity contribution in [2.24, 2.45) is 11.0 Å². The Bertz CT molecular complexity index is 550. The third-order valence-electron chi connectivity index (χ3n) is 2.86. The summed E-state index contributed by atoms with van der Waals surface area (Å²) in [5.41, 5.74) is 3.30. The zero-order valence-electron chi connectivity index (χ0n) is 12.2. The topological polar surface area (TPSA) is 79.8 Å². The standard InChI is InChI=1S/C15H19N3O3/c1-10(2)9-21-12-5-3-11(4-6-12)16-15(20)13-7-8-14(19)18-17-13/h3-6,10H,7-9H2,1-2H3,(H,16,20)(H,18,19). The van der Waals surface area contributed by atoms with Crippen LogP contribution in [0.1, 0.15) is 26.7 Å². The van der Waals surface area contributed by atoms with Gasteiger partial charge in [0.05, 0.1) is 6.61 Å². The largest absolute Gasteiger partial charge is 0.493 e. The lowest BCUT2D eigenvalue weighted by molar-refractivity contribution is -0.121. The molecule has 0 spiro atoms. The van der Waals surface area contributed by atoms with Crippen molar-refractivity contribution < 1.29 is 14.3 Å². The summed E-state index contributed by atoms with van der Waals surface area (Å²) in [6.07, 6.45) is 0.640. The van der Waals surface area contributed by atoms with Gasteiger partial charge in [-0.25, -0.2) is 5.43 Å². The minimum absolute atomic E-state index is 0.168. The molecule has 1 aliphatic heterocycles. The first-order valence-corrected chi connectivity index (χ1v) is 6.94. The molecule has 0 fully saturated rings. The Morgan fingerprint density at radius 1 is 1.33 bits per heavy atom. The van der Waals surface area contributed by atoms with E-state index in [1.165, 1.54) is 0 Å². The molecule has 6 heteroatoms. The maximum absolute atomic E-state index is 11.9. The third-order valence-corrected chi connectivity index (χ3v) is 2.86. The Morgan fingerprint density at radius 3 is 2.62 bits per heavy atom. The summed E-state index contributed by atoms with van der Waals surface area (Å²) >= 11 is 0. The van der Waals surface area contributed by atoms with Crippen molar-refractivity contribution in [1.82, 2.24) is 5.43 Å². The molecule has 6 nitrogen and oxygen atoms in total. The predicted molar refractivity (Wildman–Crippen MR) is 80.2 cm³/mol. The Hall–Kier alpha value is -2.37. The SMILES string of the molecule is CC(C)COc1ccc(NC(=O)C2=NNC(=O)CC2)cc1. The first kappa shape index (κ1) is 15.0. The first-order chi connectivity index (χ1) is 10.0. The normalized spacial score (nSPS) is 14.4. The number of hydrogen-bond acceptors (Lipinski definition) is 4. The van der Waals surface area contributed by atoms with Gasteiger partial charge >= 0.3 is 0 Å². The summed E-state index contributed by atoms with van der Waals surface area (Å²) in [7, 11) is 0. The van der Waals surface area contributed by atoms with Gasteiger partial charge < -0.3 is 10.1 Å².